The molecule has 0 aliphatic carbocycles. The number of hydrogen-bond donors (Lipinski definition) is 2. The Morgan fingerprint density at radius 2 is 1.68 bits per heavy atom. The van der Waals surface area contributed by atoms with Gasteiger partial charge in [0.25, 0.3) is 10.0 Å². The second-order valence-electron chi connectivity index (χ2n) is 3.89. The Hall–Kier alpha value is -1.56. The van der Waals surface area contributed by atoms with Crippen molar-refractivity contribution < 1.29 is 13.5 Å². The normalized spacial score (nSPS) is 11.3. The number of halogens is 1. The Morgan fingerprint density at radius 1 is 1.05 bits per heavy atom. The lowest BCUT2D eigenvalue weighted by atomic mass is 10.2. The third kappa shape index (κ3) is 3.26. The van der Waals surface area contributed by atoms with Crippen LogP contribution in [0.1, 0.15) is 5.56 Å². The lowest BCUT2D eigenvalue weighted by Gasteiger charge is -2.09. The highest BCUT2D eigenvalue weighted by molar-refractivity contribution is 7.92. The Labute approximate surface area is 116 Å². The van der Waals surface area contributed by atoms with Crippen molar-refractivity contribution in [1.29, 1.82) is 0 Å². The predicted molar refractivity (Wildman–Crippen MR) is 74.6 cm³/mol. The van der Waals surface area contributed by atoms with Crippen molar-refractivity contribution >= 4 is 27.3 Å². The van der Waals surface area contributed by atoms with Crippen LogP contribution in [0.5, 0.6) is 0 Å². The summed E-state index contributed by atoms with van der Waals surface area (Å²) in [6.07, 6.45) is 0. The van der Waals surface area contributed by atoms with Gasteiger partial charge in [-0.1, -0.05) is 35.9 Å². The quantitative estimate of drug-likeness (QED) is 0.911. The third-order valence-electron chi connectivity index (χ3n) is 2.51. The van der Waals surface area contributed by atoms with E-state index in [-0.39, 0.29) is 16.5 Å². The molecule has 0 heterocycles. The molecule has 2 aromatic rings. The molecule has 0 aliphatic heterocycles. The average molecular weight is 298 g/mol. The average Bonchev–Trinajstić information content (AvgIpc) is 2.39. The van der Waals surface area contributed by atoms with Crippen molar-refractivity contribution in [3.8, 4) is 0 Å². The first-order valence-corrected chi connectivity index (χ1v) is 7.36. The molecular weight excluding hydrogens is 286 g/mol. The SMILES string of the molecule is O=S(=O)(Nc1ccc(CO)cc1)c1ccccc1Cl. The zero-order valence-electron chi connectivity index (χ0n) is 9.88. The minimum Gasteiger partial charge on any atom is -0.392 e. The molecule has 0 radical (unpaired) electrons. The fourth-order valence-corrected chi connectivity index (χ4v) is 3.13. The van der Waals surface area contributed by atoms with E-state index in [2.05, 4.69) is 4.72 Å². The van der Waals surface area contributed by atoms with E-state index in [4.69, 9.17) is 16.7 Å². The molecule has 0 unspecified atom stereocenters. The molecule has 6 heteroatoms. The lowest BCUT2D eigenvalue weighted by Crippen LogP contribution is -2.13. The molecule has 19 heavy (non-hydrogen) atoms. The first-order valence-electron chi connectivity index (χ1n) is 5.50. The Balaban J connectivity index is 2.28. The molecule has 0 aliphatic rings. The number of anilines is 1. The first kappa shape index (κ1) is 13.9. The highest BCUT2D eigenvalue weighted by Crippen LogP contribution is 2.23. The minimum atomic E-state index is -3.71. The molecule has 0 amide bonds. The van der Waals surface area contributed by atoms with Gasteiger partial charge >= 0.3 is 0 Å². The molecule has 2 N–H and O–H groups in total. The number of nitrogens with one attached hydrogen (secondary N) is 1. The van der Waals surface area contributed by atoms with Crippen LogP contribution in [0.2, 0.25) is 5.02 Å². The summed E-state index contributed by atoms with van der Waals surface area (Å²) in [6, 6.07) is 12.7. The van der Waals surface area contributed by atoms with Crippen LogP contribution in [0.4, 0.5) is 5.69 Å². The van der Waals surface area contributed by atoms with Gasteiger partial charge in [-0.05, 0) is 29.8 Å². The fraction of sp³-hybridized carbons (Fsp3) is 0.0769. The van der Waals surface area contributed by atoms with Crippen LogP contribution in [0.25, 0.3) is 0 Å². The number of hydrogen-bond acceptors (Lipinski definition) is 3. The van der Waals surface area contributed by atoms with Crippen LogP contribution < -0.4 is 4.72 Å². The van der Waals surface area contributed by atoms with Crippen molar-refractivity contribution in [2.75, 3.05) is 4.72 Å². The molecule has 0 bridgehead atoms. The van der Waals surface area contributed by atoms with Crippen molar-refractivity contribution in [3.05, 3.63) is 59.1 Å². The van der Waals surface area contributed by atoms with Gasteiger partial charge in [0, 0.05) is 5.69 Å². The van der Waals surface area contributed by atoms with Crippen LogP contribution in [-0.4, -0.2) is 13.5 Å². The predicted octanol–water partition coefficient (Wildman–Crippen LogP) is 2.63. The largest absolute Gasteiger partial charge is 0.392 e. The number of benzene rings is 2. The van der Waals surface area contributed by atoms with Crippen LogP contribution in [0, 0.1) is 0 Å². The Morgan fingerprint density at radius 3 is 2.26 bits per heavy atom. The second-order valence-corrected chi connectivity index (χ2v) is 5.95. The van der Waals surface area contributed by atoms with E-state index in [1.54, 1.807) is 36.4 Å². The summed E-state index contributed by atoms with van der Waals surface area (Å²) in [7, 11) is -3.71. The smallest absolute Gasteiger partial charge is 0.263 e. The van der Waals surface area contributed by atoms with E-state index in [1.165, 1.54) is 12.1 Å². The van der Waals surface area contributed by atoms with Crippen LogP contribution in [0.15, 0.2) is 53.4 Å². The van der Waals surface area contributed by atoms with Gasteiger partial charge in [-0.25, -0.2) is 8.42 Å². The van der Waals surface area contributed by atoms with Gasteiger partial charge in [0.1, 0.15) is 4.90 Å². The second kappa shape index (κ2) is 5.61. The van der Waals surface area contributed by atoms with E-state index in [1.807, 2.05) is 0 Å². The zero-order valence-corrected chi connectivity index (χ0v) is 11.4. The maximum absolute atomic E-state index is 12.1. The number of aliphatic hydroxyl groups excluding tert-OH is 1. The van der Waals surface area contributed by atoms with Gasteiger partial charge in [0.15, 0.2) is 0 Å². The molecule has 2 rings (SSSR count). The van der Waals surface area contributed by atoms with Gasteiger partial charge in [-0.2, -0.15) is 0 Å². The summed E-state index contributed by atoms with van der Waals surface area (Å²) in [5.41, 5.74) is 1.12. The summed E-state index contributed by atoms with van der Waals surface area (Å²) in [6.45, 7) is -0.0858. The molecule has 0 aromatic heterocycles. The summed E-state index contributed by atoms with van der Waals surface area (Å²) in [5.74, 6) is 0. The Kier molecular flexibility index (Phi) is 4.09. The summed E-state index contributed by atoms with van der Waals surface area (Å²) >= 11 is 5.87. The molecule has 4 nitrogen and oxygen atoms in total. The fourth-order valence-electron chi connectivity index (χ4n) is 1.55. The van der Waals surface area contributed by atoms with E-state index >= 15 is 0 Å². The van der Waals surface area contributed by atoms with E-state index in [9.17, 15) is 8.42 Å². The maximum Gasteiger partial charge on any atom is 0.263 e. The standard InChI is InChI=1S/C13H12ClNO3S/c14-12-3-1-2-4-13(12)19(17,18)15-11-7-5-10(9-16)6-8-11/h1-8,15-16H,9H2. The van der Waals surface area contributed by atoms with Gasteiger partial charge in [-0.15, -0.1) is 0 Å². The van der Waals surface area contributed by atoms with Gasteiger partial charge in [0.2, 0.25) is 0 Å². The van der Waals surface area contributed by atoms with Crippen LogP contribution in [0.3, 0.4) is 0 Å². The van der Waals surface area contributed by atoms with E-state index < -0.39 is 10.0 Å². The van der Waals surface area contributed by atoms with Gasteiger partial charge in [-0.3, -0.25) is 4.72 Å². The van der Waals surface area contributed by atoms with Crippen LogP contribution in [-0.2, 0) is 16.6 Å². The van der Waals surface area contributed by atoms with Crippen molar-refractivity contribution in [2.45, 2.75) is 11.5 Å². The molecule has 100 valence electrons. The molecule has 0 atom stereocenters. The highest BCUT2D eigenvalue weighted by atomic mass is 35.5. The third-order valence-corrected chi connectivity index (χ3v) is 4.40. The first-order chi connectivity index (χ1) is 9.03. The van der Waals surface area contributed by atoms with Crippen LogP contribution >= 0.6 is 11.6 Å². The van der Waals surface area contributed by atoms with Gasteiger partial charge in [0.05, 0.1) is 11.6 Å². The lowest BCUT2D eigenvalue weighted by molar-refractivity contribution is 0.282. The summed E-state index contributed by atoms with van der Waals surface area (Å²) < 4.78 is 26.7. The molecule has 0 saturated heterocycles. The molecule has 0 saturated carbocycles. The monoisotopic (exact) mass is 297 g/mol. The molecular formula is C13H12ClNO3S. The number of rotatable bonds is 4. The van der Waals surface area contributed by atoms with Gasteiger partial charge < -0.3 is 5.11 Å². The molecule has 2 aromatic carbocycles. The minimum absolute atomic E-state index is 0.0305. The molecule has 0 spiro atoms. The van der Waals surface area contributed by atoms with Crippen molar-refractivity contribution in [1.82, 2.24) is 0 Å². The van der Waals surface area contributed by atoms with E-state index in [0.717, 1.165) is 0 Å². The topological polar surface area (TPSA) is 66.4 Å². The van der Waals surface area contributed by atoms with Crippen molar-refractivity contribution in [3.63, 3.8) is 0 Å². The Bertz CT molecular complexity index is 669. The highest BCUT2D eigenvalue weighted by Gasteiger charge is 2.17. The number of sulfonamides is 1. The summed E-state index contributed by atoms with van der Waals surface area (Å²) in [4.78, 5) is 0.0305. The summed E-state index contributed by atoms with van der Waals surface area (Å²) in [5, 5.41) is 9.09. The number of aliphatic hydroxyl groups is 1. The zero-order chi connectivity index (χ0) is 13.9. The maximum atomic E-state index is 12.1. The van der Waals surface area contributed by atoms with Crippen molar-refractivity contribution in [2.24, 2.45) is 0 Å². The molecule has 0 fully saturated rings. The van der Waals surface area contributed by atoms with E-state index in [0.29, 0.717) is 11.3 Å².